The molecule has 0 saturated carbocycles. The minimum Gasteiger partial charge on any atom is -0.471 e. The molecule has 2 saturated heterocycles. The Balaban J connectivity index is 0.00000240. The van der Waals surface area contributed by atoms with E-state index in [1.807, 2.05) is 0 Å². The number of carbonyl (C=O) groups is 1. The van der Waals surface area contributed by atoms with E-state index in [9.17, 15) is 17.6 Å². The van der Waals surface area contributed by atoms with E-state index in [2.05, 4.69) is 15.4 Å². The molecule has 29 heavy (non-hydrogen) atoms. The molecule has 2 fully saturated rings. The van der Waals surface area contributed by atoms with Gasteiger partial charge in [-0.1, -0.05) is 0 Å². The van der Waals surface area contributed by atoms with Crippen LogP contribution >= 0.6 is 12.4 Å². The van der Waals surface area contributed by atoms with Crippen molar-refractivity contribution in [2.75, 3.05) is 24.6 Å². The van der Waals surface area contributed by atoms with Crippen molar-refractivity contribution in [2.45, 2.75) is 24.7 Å². The first kappa shape index (κ1) is 21.5. The van der Waals surface area contributed by atoms with Gasteiger partial charge in [0.05, 0.1) is 23.7 Å². The molecule has 2 aromatic rings. The van der Waals surface area contributed by atoms with E-state index in [1.165, 1.54) is 12.3 Å². The summed E-state index contributed by atoms with van der Waals surface area (Å²) in [5, 5.41) is 7.13. The van der Waals surface area contributed by atoms with Crippen LogP contribution in [0, 0.1) is 0 Å². The molecule has 0 bridgehead atoms. The van der Waals surface area contributed by atoms with Crippen LogP contribution in [0.3, 0.4) is 0 Å². The highest BCUT2D eigenvalue weighted by Gasteiger charge is 2.35. The van der Waals surface area contributed by atoms with Gasteiger partial charge in [0, 0.05) is 30.1 Å². The summed E-state index contributed by atoms with van der Waals surface area (Å²) >= 11 is 0. The lowest BCUT2D eigenvalue weighted by molar-refractivity contribution is 0.0676. The van der Waals surface area contributed by atoms with Gasteiger partial charge < -0.3 is 15.8 Å². The summed E-state index contributed by atoms with van der Waals surface area (Å²) in [6.07, 6.45) is 3.33. The highest BCUT2D eigenvalue weighted by Crippen LogP contribution is 2.29. The van der Waals surface area contributed by atoms with Gasteiger partial charge >= 0.3 is 0 Å². The first-order chi connectivity index (χ1) is 13.3. The minimum absolute atomic E-state index is 0. The van der Waals surface area contributed by atoms with E-state index < -0.39 is 28.0 Å². The summed E-state index contributed by atoms with van der Waals surface area (Å²) < 4.78 is 43.9. The number of nitrogens with zero attached hydrogens (tertiary/aromatic N) is 3. The summed E-state index contributed by atoms with van der Waals surface area (Å²) in [6, 6.07) is 1.34. The minimum atomic E-state index is -2.96. The van der Waals surface area contributed by atoms with Gasteiger partial charge in [-0.05, 0) is 19.0 Å². The van der Waals surface area contributed by atoms with Gasteiger partial charge in [0.1, 0.15) is 17.8 Å². The van der Waals surface area contributed by atoms with Crippen LogP contribution in [0.1, 0.15) is 22.8 Å². The van der Waals surface area contributed by atoms with E-state index in [-0.39, 0.29) is 47.9 Å². The Morgan fingerprint density at radius 3 is 2.72 bits per heavy atom. The molecule has 9 nitrogen and oxygen atoms in total. The largest absolute Gasteiger partial charge is 0.471 e. The van der Waals surface area contributed by atoms with Crippen molar-refractivity contribution in [3.05, 3.63) is 30.2 Å². The first-order valence-corrected chi connectivity index (χ1v) is 10.7. The van der Waals surface area contributed by atoms with Crippen LogP contribution in [0.25, 0.3) is 11.1 Å². The highest BCUT2D eigenvalue weighted by molar-refractivity contribution is 7.92. The van der Waals surface area contributed by atoms with E-state index in [0.717, 1.165) is 0 Å². The Hall–Kier alpha value is -2.24. The predicted molar refractivity (Wildman–Crippen MR) is 106 cm³/mol. The number of hydrogen-bond acceptors (Lipinski definition) is 7. The number of primary amides is 1. The van der Waals surface area contributed by atoms with Crippen molar-refractivity contribution in [2.24, 2.45) is 5.73 Å². The number of piperidine rings is 1. The third-order valence-electron chi connectivity index (χ3n) is 4.93. The molecule has 1 amide bonds. The average Bonchev–Trinajstić information content (AvgIpc) is 3.11. The summed E-state index contributed by atoms with van der Waals surface area (Å²) in [6.45, 7) is 0.801. The van der Waals surface area contributed by atoms with E-state index in [4.69, 9.17) is 10.5 Å². The fourth-order valence-electron chi connectivity index (χ4n) is 3.33. The number of nitrogens with one attached hydrogen (secondary N) is 1. The highest BCUT2D eigenvalue weighted by atomic mass is 35.5. The molecule has 0 radical (unpaired) electrons. The van der Waals surface area contributed by atoms with Gasteiger partial charge in [-0.2, -0.15) is 5.10 Å². The van der Waals surface area contributed by atoms with Crippen LogP contribution in [-0.2, 0) is 9.84 Å². The van der Waals surface area contributed by atoms with Crippen molar-refractivity contribution in [3.8, 4) is 17.0 Å². The normalized spacial score (nSPS) is 23.6. The Labute approximate surface area is 173 Å². The van der Waals surface area contributed by atoms with Crippen molar-refractivity contribution >= 4 is 28.2 Å². The van der Waals surface area contributed by atoms with Gasteiger partial charge in [-0.3, -0.25) is 9.48 Å². The Kier molecular flexibility index (Phi) is 6.11. The number of pyridine rings is 1. The molecule has 0 aromatic carbocycles. The molecule has 0 spiro atoms. The Bertz CT molecular complexity index is 1000. The second-order valence-electron chi connectivity index (χ2n) is 7.05. The van der Waals surface area contributed by atoms with E-state index in [1.54, 1.807) is 17.1 Å². The average molecular weight is 446 g/mol. The molecular weight excluding hydrogens is 425 g/mol. The third kappa shape index (κ3) is 4.51. The van der Waals surface area contributed by atoms with Crippen molar-refractivity contribution < 1.29 is 22.3 Å². The molecule has 4 rings (SSSR count). The molecule has 0 aliphatic carbocycles. The number of sulfone groups is 1. The second kappa shape index (κ2) is 8.25. The van der Waals surface area contributed by atoms with Crippen LogP contribution in [0.5, 0.6) is 5.88 Å². The SMILES string of the molecule is Cl.NC(=O)c1cc(-c2cnn(C3CS(=O)(=O)C3)c2)cnc1O[C@H]1CCNC[C@H]1F. The van der Waals surface area contributed by atoms with Crippen LogP contribution in [0.15, 0.2) is 24.7 Å². The van der Waals surface area contributed by atoms with Crippen molar-refractivity contribution in [1.82, 2.24) is 20.1 Å². The molecule has 2 aliphatic heterocycles. The lowest BCUT2D eigenvalue weighted by Gasteiger charge is -2.27. The standard InChI is InChI=1S/C17H20FN5O4S.ClH/c18-14-6-20-2-1-15(14)27-17-13(16(19)24)3-10(4-21-17)11-5-22-23(7-11)12-8-28(25,26)9-12;/h3-5,7,12,14-15,20H,1-2,6,8-9H2,(H2,19,24);1H/t14-,15+;/m1./s1. The number of carbonyl (C=O) groups excluding carboxylic acids is 1. The molecule has 2 atom stereocenters. The van der Waals surface area contributed by atoms with Gasteiger partial charge in [0.2, 0.25) is 5.88 Å². The van der Waals surface area contributed by atoms with Gasteiger partial charge in [-0.25, -0.2) is 17.8 Å². The molecule has 2 aliphatic rings. The molecule has 0 unspecified atom stereocenters. The third-order valence-corrected chi connectivity index (χ3v) is 6.71. The number of nitrogens with two attached hydrogens (primary N) is 1. The fourth-order valence-corrected chi connectivity index (χ4v) is 4.71. The van der Waals surface area contributed by atoms with Crippen LogP contribution in [0.2, 0.25) is 0 Å². The zero-order valence-electron chi connectivity index (χ0n) is 15.3. The zero-order chi connectivity index (χ0) is 19.9. The van der Waals surface area contributed by atoms with Crippen LogP contribution in [0.4, 0.5) is 4.39 Å². The van der Waals surface area contributed by atoms with Crippen molar-refractivity contribution in [3.63, 3.8) is 0 Å². The lowest BCUT2D eigenvalue weighted by atomic mass is 10.1. The molecule has 12 heteroatoms. The second-order valence-corrected chi connectivity index (χ2v) is 9.20. The smallest absolute Gasteiger partial charge is 0.254 e. The maximum atomic E-state index is 14.0. The first-order valence-electron chi connectivity index (χ1n) is 8.88. The molecule has 3 N–H and O–H groups in total. The summed E-state index contributed by atoms with van der Waals surface area (Å²) in [7, 11) is -2.96. The molecule has 4 heterocycles. The number of aromatic nitrogens is 3. The van der Waals surface area contributed by atoms with Crippen molar-refractivity contribution in [1.29, 1.82) is 0 Å². The summed E-state index contributed by atoms with van der Waals surface area (Å²) in [5.41, 5.74) is 6.76. The number of rotatable bonds is 5. The number of hydrogen-bond donors (Lipinski definition) is 2. The van der Waals surface area contributed by atoms with Gasteiger partial charge in [0.15, 0.2) is 9.84 Å². The van der Waals surface area contributed by atoms with E-state index >= 15 is 0 Å². The number of alkyl halides is 1. The molecule has 2 aromatic heterocycles. The summed E-state index contributed by atoms with van der Waals surface area (Å²) in [5.74, 6) is -0.604. The predicted octanol–water partition coefficient (Wildman–Crippen LogP) is 0.514. The fraction of sp³-hybridized carbons (Fsp3) is 0.471. The Morgan fingerprint density at radius 1 is 1.31 bits per heavy atom. The number of amides is 1. The number of ether oxygens (including phenoxy) is 1. The number of halogens is 2. The van der Waals surface area contributed by atoms with Gasteiger partial charge in [0.25, 0.3) is 5.91 Å². The molecule has 158 valence electrons. The Morgan fingerprint density at radius 2 is 2.07 bits per heavy atom. The monoisotopic (exact) mass is 445 g/mol. The van der Waals surface area contributed by atoms with E-state index in [0.29, 0.717) is 24.1 Å². The van der Waals surface area contributed by atoms with Crippen LogP contribution < -0.4 is 15.8 Å². The molecular formula is C17H21ClFN5O4S. The maximum absolute atomic E-state index is 14.0. The maximum Gasteiger partial charge on any atom is 0.254 e. The lowest BCUT2D eigenvalue weighted by Crippen LogP contribution is -2.44. The summed E-state index contributed by atoms with van der Waals surface area (Å²) in [4.78, 5) is 16.1. The van der Waals surface area contributed by atoms with Gasteiger partial charge in [-0.15, -0.1) is 12.4 Å². The zero-order valence-corrected chi connectivity index (χ0v) is 17.0. The quantitative estimate of drug-likeness (QED) is 0.686. The topological polar surface area (TPSA) is 129 Å². The van der Waals surface area contributed by atoms with Crippen LogP contribution in [-0.4, -0.2) is 66.0 Å².